The number of benzene rings is 2. The van der Waals surface area contributed by atoms with Gasteiger partial charge in [0.05, 0.1) is 23.3 Å². The summed E-state index contributed by atoms with van der Waals surface area (Å²) in [4.78, 5) is 18.7. The number of aromatic carboxylic acids is 1. The predicted molar refractivity (Wildman–Crippen MR) is 159 cm³/mol. The highest BCUT2D eigenvalue weighted by atomic mass is 32.1. The molecule has 3 N–H and O–H groups in total. The van der Waals surface area contributed by atoms with E-state index in [9.17, 15) is 9.90 Å². The lowest BCUT2D eigenvalue weighted by Gasteiger charge is -2.28. The van der Waals surface area contributed by atoms with Crippen LogP contribution >= 0.6 is 12.2 Å². The Bertz CT molecular complexity index is 1490. The maximum absolute atomic E-state index is 11.7. The van der Waals surface area contributed by atoms with Crippen LogP contribution in [-0.2, 0) is 0 Å². The number of para-hydroxylation sites is 1. The van der Waals surface area contributed by atoms with Crippen molar-refractivity contribution in [2.75, 3.05) is 18.4 Å². The summed E-state index contributed by atoms with van der Waals surface area (Å²) in [5, 5.41) is 17.4. The summed E-state index contributed by atoms with van der Waals surface area (Å²) in [5.41, 5.74) is 7.43. The summed E-state index contributed by atoms with van der Waals surface area (Å²) < 4.78 is 2.16. The molecule has 2 aromatic carbocycles. The molecule has 4 aromatic rings. The number of hydrogen-bond donors (Lipinski definition) is 3. The quantitative estimate of drug-likeness (QED) is 0.179. The lowest BCUT2D eigenvalue weighted by atomic mass is 9.96. The SMILES string of the molecule is Cc1ccc(C(=O)O)cc1-n1c(C)cc(C2C(c3ccccn3)NC(=S)N2CCCNc2ccccc2)c1C. The van der Waals surface area contributed by atoms with Crippen LogP contribution in [0.3, 0.4) is 0 Å². The summed E-state index contributed by atoms with van der Waals surface area (Å²) in [7, 11) is 0. The van der Waals surface area contributed by atoms with Crippen LogP contribution in [0.25, 0.3) is 5.69 Å². The molecule has 5 rings (SSSR count). The first-order chi connectivity index (χ1) is 18.8. The van der Waals surface area contributed by atoms with Crippen molar-refractivity contribution >= 4 is 29.0 Å². The number of aromatic nitrogens is 2. The highest BCUT2D eigenvalue weighted by Crippen LogP contribution is 2.41. The minimum atomic E-state index is -0.935. The Morgan fingerprint density at radius 2 is 1.82 bits per heavy atom. The van der Waals surface area contributed by atoms with Gasteiger partial charge in [0.15, 0.2) is 5.11 Å². The third-order valence-corrected chi connectivity index (χ3v) is 7.71. The fraction of sp³-hybridized carbons (Fsp3) is 0.258. The Kier molecular flexibility index (Phi) is 7.65. The molecule has 8 heteroatoms. The fourth-order valence-corrected chi connectivity index (χ4v) is 5.80. The van der Waals surface area contributed by atoms with Crippen LogP contribution < -0.4 is 10.6 Å². The first-order valence-electron chi connectivity index (χ1n) is 13.2. The van der Waals surface area contributed by atoms with E-state index in [1.54, 1.807) is 12.1 Å². The second-order valence-corrected chi connectivity index (χ2v) is 10.3. The zero-order valence-corrected chi connectivity index (χ0v) is 23.2. The van der Waals surface area contributed by atoms with Gasteiger partial charge in [0.2, 0.25) is 0 Å². The molecule has 2 unspecified atom stereocenters. The molecule has 39 heavy (non-hydrogen) atoms. The molecule has 0 aliphatic carbocycles. The molecule has 200 valence electrons. The van der Waals surface area contributed by atoms with Crippen molar-refractivity contribution in [3.8, 4) is 5.69 Å². The molecule has 1 aliphatic heterocycles. The number of carboxylic acids is 1. The number of nitrogens with one attached hydrogen (secondary N) is 2. The van der Waals surface area contributed by atoms with Gasteiger partial charge in [-0.2, -0.15) is 0 Å². The molecule has 3 heterocycles. The van der Waals surface area contributed by atoms with E-state index < -0.39 is 5.97 Å². The van der Waals surface area contributed by atoms with Crippen molar-refractivity contribution in [2.45, 2.75) is 39.3 Å². The van der Waals surface area contributed by atoms with E-state index in [0.717, 1.165) is 59.1 Å². The highest BCUT2D eigenvalue weighted by molar-refractivity contribution is 7.80. The zero-order chi connectivity index (χ0) is 27.5. The molecule has 0 bridgehead atoms. The lowest BCUT2D eigenvalue weighted by Crippen LogP contribution is -2.31. The van der Waals surface area contributed by atoms with E-state index in [4.69, 9.17) is 12.2 Å². The summed E-state index contributed by atoms with van der Waals surface area (Å²) >= 11 is 5.88. The molecule has 1 saturated heterocycles. The van der Waals surface area contributed by atoms with Crippen LogP contribution in [0.5, 0.6) is 0 Å². The van der Waals surface area contributed by atoms with Gasteiger partial charge < -0.3 is 25.2 Å². The van der Waals surface area contributed by atoms with Crippen molar-refractivity contribution in [3.63, 3.8) is 0 Å². The summed E-state index contributed by atoms with van der Waals surface area (Å²) in [5.74, 6) is -0.935. The molecule has 0 saturated carbocycles. The fourth-order valence-electron chi connectivity index (χ4n) is 5.46. The third-order valence-electron chi connectivity index (χ3n) is 7.36. The van der Waals surface area contributed by atoms with Crippen molar-refractivity contribution in [3.05, 3.63) is 113 Å². The predicted octanol–water partition coefficient (Wildman–Crippen LogP) is 5.97. The molecule has 2 atom stereocenters. The molecule has 7 nitrogen and oxygen atoms in total. The van der Waals surface area contributed by atoms with Crippen molar-refractivity contribution in [1.82, 2.24) is 19.8 Å². The summed E-state index contributed by atoms with van der Waals surface area (Å²) in [6.45, 7) is 7.77. The summed E-state index contributed by atoms with van der Waals surface area (Å²) in [6, 6.07) is 23.5. The standard InChI is InChI=1S/C31H33N5O2S/c1-20-13-14-23(30(37)38)19-27(20)36-21(2)18-25(22(36)3)29-28(26-12-7-8-15-33-26)34-31(39)35(29)17-9-16-32-24-10-5-4-6-11-24/h4-8,10-15,18-19,28-29,32H,9,16-17H2,1-3H3,(H,34,39)(H,37,38). The van der Waals surface area contributed by atoms with Gasteiger partial charge in [-0.05, 0) is 93.0 Å². The van der Waals surface area contributed by atoms with Gasteiger partial charge in [-0.25, -0.2) is 4.79 Å². The number of anilines is 1. The number of hydrogen-bond acceptors (Lipinski definition) is 4. The third kappa shape index (κ3) is 5.38. The number of pyridine rings is 1. The number of carboxylic acid groups (broad SMARTS) is 1. The molecular weight excluding hydrogens is 506 g/mol. The van der Waals surface area contributed by atoms with Gasteiger partial charge in [-0.15, -0.1) is 0 Å². The molecule has 0 amide bonds. The van der Waals surface area contributed by atoms with Gasteiger partial charge in [0.25, 0.3) is 0 Å². The second-order valence-electron chi connectivity index (χ2n) is 9.93. The molecule has 0 radical (unpaired) electrons. The van der Waals surface area contributed by atoms with Crippen LogP contribution in [0, 0.1) is 20.8 Å². The van der Waals surface area contributed by atoms with Crippen LogP contribution in [0.15, 0.2) is 79.0 Å². The zero-order valence-electron chi connectivity index (χ0n) is 22.4. The number of nitrogens with zero attached hydrogens (tertiary/aromatic N) is 3. The molecule has 0 spiro atoms. The molecule has 1 aliphatic rings. The van der Waals surface area contributed by atoms with Crippen molar-refractivity contribution < 1.29 is 9.90 Å². The number of thiocarbonyl (C=S) groups is 1. The van der Waals surface area contributed by atoms with Gasteiger partial charge in [-0.3, -0.25) is 4.98 Å². The van der Waals surface area contributed by atoms with Crippen LogP contribution in [0.4, 0.5) is 5.69 Å². The monoisotopic (exact) mass is 539 g/mol. The topological polar surface area (TPSA) is 82.4 Å². The Morgan fingerprint density at radius 1 is 1.05 bits per heavy atom. The average molecular weight is 540 g/mol. The van der Waals surface area contributed by atoms with E-state index in [0.29, 0.717) is 5.11 Å². The Labute approximate surface area is 234 Å². The van der Waals surface area contributed by atoms with Gasteiger partial charge >= 0.3 is 5.97 Å². The normalized spacial score (nSPS) is 16.8. The maximum Gasteiger partial charge on any atom is 0.335 e. The van der Waals surface area contributed by atoms with E-state index in [1.165, 1.54) is 0 Å². The average Bonchev–Trinajstić information content (AvgIpc) is 3.42. The van der Waals surface area contributed by atoms with Crippen LogP contribution in [-0.4, -0.2) is 43.7 Å². The minimum Gasteiger partial charge on any atom is -0.478 e. The van der Waals surface area contributed by atoms with Crippen molar-refractivity contribution in [2.24, 2.45) is 0 Å². The summed E-state index contributed by atoms with van der Waals surface area (Å²) in [6.07, 6.45) is 2.72. The molecular formula is C31H33N5O2S. The first-order valence-corrected chi connectivity index (χ1v) is 13.6. The lowest BCUT2D eigenvalue weighted by molar-refractivity contribution is 0.0697. The largest absolute Gasteiger partial charge is 0.478 e. The minimum absolute atomic E-state index is 0.0629. The van der Waals surface area contributed by atoms with E-state index in [1.807, 2.05) is 55.6 Å². The van der Waals surface area contributed by atoms with Crippen LogP contribution in [0.1, 0.15) is 57.1 Å². The Hall–Kier alpha value is -4.17. The molecule has 1 fully saturated rings. The Morgan fingerprint density at radius 3 is 2.54 bits per heavy atom. The number of aryl methyl sites for hydroxylation is 2. The van der Waals surface area contributed by atoms with Crippen molar-refractivity contribution in [1.29, 1.82) is 0 Å². The number of rotatable bonds is 9. The molecule has 2 aromatic heterocycles. The van der Waals surface area contributed by atoms with E-state index >= 15 is 0 Å². The van der Waals surface area contributed by atoms with Gasteiger partial charge in [0.1, 0.15) is 0 Å². The van der Waals surface area contributed by atoms with Gasteiger partial charge in [-0.1, -0.05) is 30.3 Å². The maximum atomic E-state index is 11.7. The first kappa shape index (κ1) is 26.4. The highest BCUT2D eigenvalue weighted by Gasteiger charge is 2.41. The van der Waals surface area contributed by atoms with Gasteiger partial charge in [0, 0.05) is 42.0 Å². The van der Waals surface area contributed by atoms with E-state index in [2.05, 4.69) is 57.1 Å². The Balaban J connectivity index is 1.50. The van der Waals surface area contributed by atoms with Crippen LogP contribution in [0.2, 0.25) is 0 Å². The smallest absolute Gasteiger partial charge is 0.335 e. The van der Waals surface area contributed by atoms with E-state index in [-0.39, 0.29) is 17.6 Å². The second kappa shape index (κ2) is 11.3. The number of carbonyl (C=O) groups is 1.